The van der Waals surface area contributed by atoms with Gasteiger partial charge in [0.15, 0.2) is 0 Å². The molecule has 3 heteroatoms. The Bertz CT molecular complexity index is 291. The summed E-state index contributed by atoms with van der Waals surface area (Å²) >= 11 is 1.75. The largest absolute Gasteiger partial charge is 0.371 e. The zero-order valence-corrected chi connectivity index (χ0v) is 9.64. The van der Waals surface area contributed by atoms with Crippen molar-refractivity contribution in [3.8, 4) is 0 Å². The van der Waals surface area contributed by atoms with Gasteiger partial charge in [0.05, 0.1) is 5.69 Å². The second-order valence-corrected chi connectivity index (χ2v) is 4.81. The third-order valence-electron chi connectivity index (χ3n) is 2.86. The van der Waals surface area contributed by atoms with Gasteiger partial charge in [-0.05, 0) is 25.2 Å². The normalized spacial score (nSPS) is 24.0. The number of aromatic nitrogens is 1. The van der Waals surface area contributed by atoms with Gasteiger partial charge >= 0.3 is 0 Å². The average Bonchev–Trinajstić information content (AvgIpc) is 2.86. The van der Waals surface area contributed by atoms with Crippen LogP contribution < -0.4 is 0 Å². The van der Waals surface area contributed by atoms with Gasteiger partial charge in [-0.2, -0.15) is 0 Å². The second-order valence-electron chi connectivity index (χ2n) is 3.92. The highest BCUT2D eigenvalue weighted by Gasteiger charge is 2.21. The molecule has 0 unspecified atom stereocenters. The molecule has 0 N–H and O–H groups in total. The molecule has 0 spiro atoms. The first kappa shape index (κ1) is 10.1. The van der Waals surface area contributed by atoms with E-state index in [0.717, 1.165) is 19.4 Å². The predicted molar refractivity (Wildman–Crippen MR) is 58.7 cm³/mol. The Hall–Kier alpha value is -0.410. The fourth-order valence-electron chi connectivity index (χ4n) is 1.66. The van der Waals surface area contributed by atoms with Gasteiger partial charge in [-0.25, -0.2) is 4.98 Å². The summed E-state index contributed by atoms with van der Waals surface area (Å²) in [6.45, 7) is 5.34. The van der Waals surface area contributed by atoms with Crippen molar-refractivity contribution in [1.29, 1.82) is 0 Å². The number of rotatable bonds is 3. The maximum absolute atomic E-state index is 5.61. The van der Waals surface area contributed by atoms with Gasteiger partial charge in [-0.3, -0.25) is 0 Å². The van der Waals surface area contributed by atoms with Gasteiger partial charge in [-0.15, -0.1) is 11.3 Å². The Morgan fingerprint density at radius 3 is 3.21 bits per heavy atom. The Morgan fingerprint density at radius 2 is 2.57 bits per heavy atom. The highest BCUT2D eigenvalue weighted by molar-refractivity contribution is 7.09. The minimum atomic E-state index is 0.290. The van der Waals surface area contributed by atoms with E-state index in [2.05, 4.69) is 24.2 Å². The molecule has 1 aliphatic rings. The van der Waals surface area contributed by atoms with Crippen LogP contribution >= 0.6 is 11.3 Å². The van der Waals surface area contributed by atoms with Gasteiger partial charge in [-0.1, -0.05) is 13.8 Å². The standard InChI is InChI=1S/C11H17NOS/c1-3-8(2)9-7-14-11(12-9)10-5-4-6-13-10/h7-8,10H,3-6H2,1-2H3/t8-,10+/m1/s1. The van der Waals surface area contributed by atoms with Gasteiger partial charge in [0, 0.05) is 12.0 Å². The number of hydrogen-bond acceptors (Lipinski definition) is 3. The molecule has 2 heterocycles. The van der Waals surface area contributed by atoms with Crippen LogP contribution in [-0.2, 0) is 4.74 Å². The van der Waals surface area contributed by atoms with Crippen LogP contribution in [0.1, 0.15) is 55.8 Å². The van der Waals surface area contributed by atoms with E-state index < -0.39 is 0 Å². The summed E-state index contributed by atoms with van der Waals surface area (Å²) < 4.78 is 5.61. The fourth-order valence-corrected chi connectivity index (χ4v) is 2.68. The fraction of sp³-hybridized carbons (Fsp3) is 0.727. The van der Waals surface area contributed by atoms with Gasteiger partial charge in [0.1, 0.15) is 11.1 Å². The van der Waals surface area contributed by atoms with E-state index in [4.69, 9.17) is 4.74 Å². The summed E-state index contributed by atoms with van der Waals surface area (Å²) in [5.41, 5.74) is 1.24. The molecule has 1 aromatic heterocycles. The SMILES string of the molecule is CC[C@@H](C)c1csc([C@@H]2CCCO2)n1. The maximum Gasteiger partial charge on any atom is 0.122 e. The second kappa shape index (κ2) is 4.41. The lowest BCUT2D eigenvalue weighted by atomic mass is 10.1. The van der Waals surface area contributed by atoms with E-state index in [9.17, 15) is 0 Å². The van der Waals surface area contributed by atoms with Crippen molar-refractivity contribution in [1.82, 2.24) is 4.98 Å². The number of nitrogens with zero attached hydrogens (tertiary/aromatic N) is 1. The topological polar surface area (TPSA) is 22.1 Å². The van der Waals surface area contributed by atoms with Gasteiger partial charge < -0.3 is 4.74 Å². The summed E-state index contributed by atoms with van der Waals surface area (Å²) in [6.07, 6.45) is 3.78. The first-order valence-corrected chi connectivity index (χ1v) is 6.26. The van der Waals surface area contributed by atoms with Crippen molar-refractivity contribution in [2.24, 2.45) is 0 Å². The molecule has 1 aliphatic heterocycles. The predicted octanol–water partition coefficient (Wildman–Crippen LogP) is 3.51. The molecule has 0 radical (unpaired) electrons. The summed E-state index contributed by atoms with van der Waals surface area (Å²) in [6, 6.07) is 0. The zero-order valence-electron chi connectivity index (χ0n) is 8.82. The first-order chi connectivity index (χ1) is 6.81. The molecule has 1 fully saturated rings. The first-order valence-electron chi connectivity index (χ1n) is 5.38. The summed E-state index contributed by atoms with van der Waals surface area (Å²) in [7, 11) is 0. The van der Waals surface area contributed by atoms with E-state index in [0.29, 0.717) is 5.92 Å². The van der Waals surface area contributed by atoms with E-state index in [-0.39, 0.29) is 6.10 Å². The zero-order chi connectivity index (χ0) is 9.97. The average molecular weight is 211 g/mol. The smallest absolute Gasteiger partial charge is 0.122 e. The van der Waals surface area contributed by atoms with Crippen LogP contribution in [0.2, 0.25) is 0 Å². The molecule has 0 saturated carbocycles. The molecule has 0 aromatic carbocycles. The molecular weight excluding hydrogens is 194 g/mol. The maximum atomic E-state index is 5.61. The lowest BCUT2D eigenvalue weighted by Gasteiger charge is -2.05. The van der Waals surface area contributed by atoms with Crippen molar-refractivity contribution in [3.05, 3.63) is 16.1 Å². The molecule has 78 valence electrons. The van der Waals surface area contributed by atoms with Crippen LogP contribution in [0, 0.1) is 0 Å². The van der Waals surface area contributed by atoms with E-state index in [1.807, 2.05) is 0 Å². The minimum absolute atomic E-state index is 0.290. The van der Waals surface area contributed by atoms with Gasteiger partial charge in [0.2, 0.25) is 0 Å². The van der Waals surface area contributed by atoms with E-state index in [1.54, 1.807) is 11.3 Å². The van der Waals surface area contributed by atoms with E-state index in [1.165, 1.54) is 17.1 Å². The third-order valence-corrected chi connectivity index (χ3v) is 3.82. The van der Waals surface area contributed by atoms with Crippen LogP contribution in [0.15, 0.2) is 5.38 Å². The van der Waals surface area contributed by atoms with Crippen LogP contribution in [0.3, 0.4) is 0 Å². The highest BCUT2D eigenvalue weighted by Crippen LogP contribution is 2.32. The Kier molecular flexibility index (Phi) is 3.19. The summed E-state index contributed by atoms with van der Waals surface area (Å²) in [4.78, 5) is 4.66. The lowest BCUT2D eigenvalue weighted by Crippen LogP contribution is -1.97. The van der Waals surface area contributed by atoms with Crippen molar-refractivity contribution < 1.29 is 4.74 Å². The molecule has 0 bridgehead atoms. The molecular formula is C11H17NOS. The third kappa shape index (κ3) is 1.98. The van der Waals surface area contributed by atoms with Gasteiger partial charge in [0.25, 0.3) is 0 Å². The molecule has 2 rings (SSSR count). The summed E-state index contributed by atoms with van der Waals surface area (Å²) in [5.74, 6) is 0.585. The molecule has 1 saturated heterocycles. The molecule has 0 aliphatic carbocycles. The monoisotopic (exact) mass is 211 g/mol. The van der Waals surface area contributed by atoms with Crippen molar-refractivity contribution in [2.75, 3.05) is 6.61 Å². The molecule has 1 aromatic rings. The molecule has 0 amide bonds. The molecule has 2 atom stereocenters. The van der Waals surface area contributed by atoms with Crippen LogP contribution in [0.4, 0.5) is 0 Å². The summed E-state index contributed by atoms with van der Waals surface area (Å²) in [5, 5.41) is 3.36. The Labute approximate surface area is 89.3 Å². The number of thiazole rings is 1. The van der Waals surface area contributed by atoms with E-state index >= 15 is 0 Å². The lowest BCUT2D eigenvalue weighted by molar-refractivity contribution is 0.111. The van der Waals surface area contributed by atoms with Crippen molar-refractivity contribution >= 4 is 11.3 Å². The highest BCUT2D eigenvalue weighted by atomic mass is 32.1. The van der Waals surface area contributed by atoms with Crippen molar-refractivity contribution in [3.63, 3.8) is 0 Å². The van der Waals surface area contributed by atoms with Crippen molar-refractivity contribution in [2.45, 2.75) is 45.1 Å². The minimum Gasteiger partial charge on any atom is -0.371 e. The number of ether oxygens (including phenoxy) is 1. The molecule has 14 heavy (non-hydrogen) atoms. The molecule has 2 nitrogen and oxygen atoms in total. The van der Waals surface area contributed by atoms with Crippen LogP contribution in [0.25, 0.3) is 0 Å². The Balaban J connectivity index is 2.08. The van der Waals surface area contributed by atoms with Crippen LogP contribution in [0.5, 0.6) is 0 Å². The quantitative estimate of drug-likeness (QED) is 0.763. The number of hydrogen-bond donors (Lipinski definition) is 0. The Morgan fingerprint density at radius 1 is 1.71 bits per heavy atom. The van der Waals surface area contributed by atoms with Crippen LogP contribution in [-0.4, -0.2) is 11.6 Å².